The minimum Gasteiger partial charge on any atom is -0.768 e. The molecule has 0 bridgehead atoms. The number of hydrogen-bond acceptors (Lipinski definition) is 4. The van der Waals surface area contributed by atoms with Crippen LogP contribution in [0.5, 0.6) is 0 Å². The SMILES string of the molecule is O=S([O-])c1cnn(C2CCOCC2)c1.[Na+]. The second-order valence-corrected chi connectivity index (χ2v) is 4.18. The molecule has 5 nitrogen and oxygen atoms in total. The molecular formula is C8H11N2NaO3S. The quantitative estimate of drug-likeness (QED) is 0.421. The summed E-state index contributed by atoms with van der Waals surface area (Å²) in [5.74, 6) is 0. The molecule has 1 aromatic heterocycles. The van der Waals surface area contributed by atoms with Crippen LogP contribution in [-0.4, -0.2) is 31.8 Å². The summed E-state index contributed by atoms with van der Waals surface area (Å²) in [6.45, 7) is 1.45. The maximum Gasteiger partial charge on any atom is 1.00 e. The summed E-state index contributed by atoms with van der Waals surface area (Å²) < 4.78 is 28.2. The van der Waals surface area contributed by atoms with E-state index < -0.39 is 11.1 Å². The minimum absolute atomic E-state index is 0. The molecule has 1 unspecified atom stereocenters. The van der Waals surface area contributed by atoms with Crippen LogP contribution in [-0.2, 0) is 15.8 Å². The zero-order chi connectivity index (χ0) is 9.97. The first-order chi connectivity index (χ1) is 6.77. The number of hydrogen-bond donors (Lipinski definition) is 0. The molecule has 0 spiro atoms. The Morgan fingerprint density at radius 1 is 1.53 bits per heavy atom. The zero-order valence-corrected chi connectivity index (χ0v) is 11.4. The Morgan fingerprint density at radius 3 is 2.73 bits per heavy atom. The number of nitrogens with zero attached hydrogens (tertiary/aromatic N) is 2. The van der Waals surface area contributed by atoms with Gasteiger partial charge in [-0.15, -0.1) is 0 Å². The molecule has 1 aliphatic rings. The summed E-state index contributed by atoms with van der Waals surface area (Å²) in [5, 5.41) is 4.03. The predicted molar refractivity (Wildman–Crippen MR) is 48.5 cm³/mol. The average molecular weight is 238 g/mol. The Hall–Kier alpha value is 0.280. The van der Waals surface area contributed by atoms with Gasteiger partial charge < -0.3 is 9.29 Å². The van der Waals surface area contributed by atoms with E-state index in [0.29, 0.717) is 0 Å². The van der Waals surface area contributed by atoms with Crippen LogP contribution in [0.15, 0.2) is 17.3 Å². The van der Waals surface area contributed by atoms with Crippen LogP contribution in [0.4, 0.5) is 0 Å². The maximum absolute atomic E-state index is 10.6. The van der Waals surface area contributed by atoms with Gasteiger partial charge in [0.05, 0.1) is 17.1 Å². The van der Waals surface area contributed by atoms with Crippen molar-refractivity contribution in [2.24, 2.45) is 0 Å². The molecule has 0 aromatic carbocycles. The van der Waals surface area contributed by atoms with Crippen molar-refractivity contribution in [2.75, 3.05) is 13.2 Å². The zero-order valence-electron chi connectivity index (χ0n) is 8.59. The van der Waals surface area contributed by atoms with E-state index in [1.54, 1.807) is 10.9 Å². The molecule has 0 saturated carbocycles. The van der Waals surface area contributed by atoms with E-state index >= 15 is 0 Å². The fourth-order valence-electron chi connectivity index (χ4n) is 1.56. The molecule has 1 saturated heterocycles. The molecule has 0 N–H and O–H groups in total. The summed E-state index contributed by atoms with van der Waals surface area (Å²) in [4.78, 5) is 0.247. The van der Waals surface area contributed by atoms with Crippen molar-refractivity contribution in [3.63, 3.8) is 0 Å². The van der Waals surface area contributed by atoms with Gasteiger partial charge in [0.2, 0.25) is 0 Å². The van der Waals surface area contributed by atoms with Gasteiger partial charge in [-0.25, -0.2) is 0 Å². The third-order valence-corrected chi connectivity index (χ3v) is 2.93. The van der Waals surface area contributed by atoms with Gasteiger partial charge in [-0.1, -0.05) is 0 Å². The molecule has 2 rings (SSSR count). The van der Waals surface area contributed by atoms with Gasteiger partial charge in [-0.05, 0) is 23.9 Å². The summed E-state index contributed by atoms with van der Waals surface area (Å²) in [6.07, 6.45) is 4.73. The van der Waals surface area contributed by atoms with Crippen LogP contribution in [0.1, 0.15) is 18.9 Å². The third kappa shape index (κ3) is 3.37. The molecule has 2 heterocycles. The van der Waals surface area contributed by atoms with Gasteiger partial charge in [-0.2, -0.15) is 5.10 Å². The molecule has 15 heavy (non-hydrogen) atoms. The summed E-state index contributed by atoms with van der Waals surface area (Å²) in [5.41, 5.74) is 0. The van der Waals surface area contributed by atoms with E-state index in [0.717, 1.165) is 26.1 Å². The maximum atomic E-state index is 10.6. The molecular weight excluding hydrogens is 227 g/mol. The summed E-state index contributed by atoms with van der Waals surface area (Å²) in [6, 6.07) is 0.279. The van der Waals surface area contributed by atoms with Crippen LogP contribution in [0.25, 0.3) is 0 Å². The van der Waals surface area contributed by atoms with Gasteiger partial charge in [0, 0.05) is 19.4 Å². The Labute approximate surface area is 113 Å². The van der Waals surface area contributed by atoms with Crippen LogP contribution in [0, 0.1) is 0 Å². The van der Waals surface area contributed by atoms with Crippen molar-refractivity contribution in [1.82, 2.24) is 9.78 Å². The number of rotatable bonds is 2. The Balaban J connectivity index is 0.00000112. The topological polar surface area (TPSA) is 67.2 Å². The molecule has 0 aliphatic carbocycles. The number of ether oxygens (including phenoxy) is 1. The first-order valence-corrected chi connectivity index (χ1v) is 5.56. The fraction of sp³-hybridized carbons (Fsp3) is 0.625. The van der Waals surface area contributed by atoms with E-state index in [4.69, 9.17) is 4.74 Å². The molecule has 1 fully saturated rings. The summed E-state index contributed by atoms with van der Waals surface area (Å²) >= 11 is -2.18. The molecule has 78 valence electrons. The van der Waals surface area contributed by atoms with Gasteiger partial charge >= 0.3 is 29.6 Å². The Morgan fingerprint density at radius 2 is 2.20 bits per heavy atom. The van der Waals surface area contributed by atoms with Gasteiger partial charge in [0.1, 0.15) is 0 Å². The Kier molecular flexibility index (Phi) is 5.45. The van der Waals surface area contributed by atoms with Crippen molar-refractivity contribution in [3.05, 3.63) is 12.4 Å². The van der Waals surface area contributed by atoms with E-state index in [2.05, 4.69) is 5.10 Å². The molecule has 0 amide bonds. The summed E-state index contributed by atoms with van der Waals surface area (Å²) in [7, 11) is 0. The third-order valence-electron chi connectivity index (χ3n) is 2.34. The van der Waals surface area contributed by atoms with E-state index in [9.17, 15) is 8.76 Å². The molecule has 1 aliphatic heterocycles. The van der Waals surface area contributed by atoms with Crippen molar-refractivity contribution < 1.29 is 43.1 Å². The van der Waals surface area contributed by atoms with Crippen molar-refractivity contribution in [2.45, 2.75) is 23.8 Å². The van der Waals surface area contributed by atoms with Crippen LogP contribution < -0.4 is 29.6 Å². The molecule has 7 heteroatoms. The average Bonchev–Trinajstić information content (AvgIpc) is 2.68. The predicted octanol–water partition coefficient (Wildman–Crippen LogP) is -2.52. The largest absolute Gasteiger partial charge is 1.00 e. The first-order valence-electron chi connectivity index (χ1n) is 4.48. The van der Waals surface area contributed by atoms with E-state index in [1.807, 2.05) is 0 Å². The second kappa shape index (κ2) is 6.12. The van der Waals surface area contributed by atoms with Crippen LogP contribution in [0.3, 0.4) is 0 Å². The van der Waals surface area contributed by atoms with Crippen LogP contribution >= 0.6 is 0 Å². The van der Waals surface area contributed by atoms with E-state index in [-0.39, 0.29) is 40.5 Å². The van der Waals surface area contributed by atoms with Crippen molar-refractivity contribution in [3.8, 4) is 0 Å². The molecule has 0 radical (unpaired) electrons. The fourth-order valence-corrected chi connectivity index (χ4v) is 1.88. The standard InChI is InChI=1S/C8H12N2O3S.Na/c11-14(12)8-5-9-10(6-8)7-1-3-13-4-2-7;/h5-7H,1-4H2,(H,11,12);/q;+1/p-1. The normalized spacial score (nSPS) is 19.5. The van der Waals surface area contributed by atoms with Crippen molar-refractivity contribution in [1.29, 1.82) is 0 Å². The van der Waals surface area contributed by atoms with Crippen LogP contribution in [0.2, 0.25) is 0 Å². The van der Waals surface area contributed by atoms with Gasteiger partial charge in [0.25, 0.3) is 0 Å². The minimum atomic E-state index is -2.18. The molecule has 1 aromatic rings. The first kappa shape index (κ1) is 13.3. The van der Waals surface area contributed by atoms with Gasteiger partial charge in [-0.3, -0.25) is 8.89 Å². The van der Waals surface area contributed by atoms with Gasteiger partial charge in [0.15, 0.2) is 0 Å². The smallest absolute Gasteiger partial charge is 0.768 e. The van der Waals surface area contributed by atoms with Crippen molar-refractivity contribution >= 4 is 11.1 Å². The monoisotopic (exact) mass is 238 g/mol. The second-order valence-electron chi connectivity index (χ2n) is 3.23. The van der Waals surface area contributed by atoms with E-state index in [1.165, 1.54) is 6.20 Å². The number of aromatic nitrogens is 2. The molecule has 1 atom stereocenters. The Bertz CT molecular complexity index is 338.